The van der Waals surface area contributed by atoms with Crippen molar-refractivity contribution in [3.8, 4) is 17.6 Å². The number of aromatic nitrogens is 1. The van der Waals surface area contributed by atoms with Gasteiger partial charge in [-0.1, -0.05) is 0 Å². The number of hydrogen-bond acceptors (Lipinski definition) is 5. The Balaban J connectivity index is 2.03. The molecule has 29 heavy (non-hydrogen) atoms. The number of alkyl halides is 3. The zero-order chi connectivity index (χ0) is 21.6. The largest absolute Gasteiger partial charge is 0.453 e. The Hall–Kier alpha value is -3.39. The lowest BCUT2D eigenvalue weighted by Gasteiger charge is -2.25. The minimum Gasteiger partial charge on any atom is -0.453 e. The van der Waals surface area contributed by atoms with Gasteiger partial charge in [0.1, 0.15) is 11.6 Å². The van der Waals surface area contributed by atoms with Gasteiger partial charge < -0.3 is 14.7 Å². The van der Waals surface area contributed by atoms with E-state index < -0.39 is 30.7 Å². The van der Waals surface area contributed by atoms with Crippen molar-refractivity contribution in [2.45, 2.75) is 19.2 Å². The molecule has 0 aliphatic carbocycles. The summed E-state index contributed by atoms with van der Waals surface area (Å²) < 4.78 is 56.4. The summed E-state index contributed by atoms with van der Waals surface area (Å²) in [5, 5.41) is 20.2. The number of carbonyl (C=O) groups is 1. The minimum atomic E-state index is -4.84. The van der Waals surface area contributed by atoms with Gasteiger partial charge >= 0.3 is 12.2 Å². The van der Waals surface area contributed by atoms with Crippen LogP contribution >= 0.6 is 0 Å². The summed E-state index contributed by atoms with van der Waals surface area (Å²) in [6.07, 6.45) is -6.35. The number of hydrogen-bond donors (Lipinski definition) is 2. The maximum Gasteiger partial charge on any atom is 0.416 e. The molecule has 0 radical (unpaired) electrons. The third-order valence-electron chi connectivity index (χ3n) is 3.70. The summed E-state index contributed by atoms with van der Waals surface area (Å²) >= 11 is 0. The van der Waals surface area contributed by atoms with Crippen molar-refractivity contribution in [3.63, 3.8) is 0 Å². The normalized spacial score (nSPS) is 12.0. The van der Waals surface area contributed by atoms with E-state index in [0.717, 1.165) is 17.2 Å². The van der Waals surface area contributed by atoms with E-state index in [1.165, 1.54) is 31.2 Å². The molecule has 2 rings (SSSR count). The maximum absolute atomic E-state index is 13.7. The number of carbonyl (C=O) groups excluding carboxylic acids is 1. The van der Waals surface area contributed by atoms with E-state index in [9.17, 15) is 22.4 Å². The number of nitrogens with one attached hydrogen (secondary N) is 1. The summed E-state index contributed by atoms with van der Waals surface area (Å²) in [4.78, 5) is 16.7. The van der Waals surface area contributed by atoms with E-state index in [4.69, 9.17) is 15.1 Å². The lowest BCUT2D eigenvalue weighted by molar-refractivity contribution is -0.206. The van der Waals surface area contributed by atoms with Gasteiger partial charge in [0.05, 0.1) is 24.4 Å². The van der Waals surface area contributed by atoms with E-state index in [0.29, 0.717) is 0 Å². The van der Waals surface area contributed by atoms with Crippen molar-refractivity contribution >= 4 is 11.8 Å². The van der Waals surface area contributed by atoms with Crippen molar-refractivity contribution in [2.24, 2.45) is 0 Å². The smallest absolute Gasteiger partial charge is 0.416 e. The second-order valence-electron chi connectivity index (χ2n) is 5.76. The highest BCUT2D eigenvalue weighted by molar-refractivity contribution is 5.88. The van der Waals surface area contributed by atoms with Gasteiger partial charge in [0.2, 0.25) is 0 Å². The maximum atomic E-state index is 13.7. The Morgan fingerprint density at radius 2 is 2.10 bits per heavy atom. The zero-order valence-electron chi connectivity index (χ0n) is 15.1. The highest BCUT2D eigenvalue weighted by Crippen LogP contribution is 2.26. The first kappa shape index (κ1) is 21.9. The van der Waals surface area contributed by atoms with Crippen LogP contribution in [0.2, 0.25) is 0 Å². The van der Waals surface area contributed by atoms with Gasteiger partial charge in [-0.2, -0.15) is 18.4 Å². The van der Waals surface area contributed by atoms with Gasteiger partial charge in [0, 0.05) is 12.6 Å². The first-order valence-corrected chi connectivity index (χ1v) is 8.28. The topological polar surface area (TPSA) is 98.5 Å². The van der Waals surface area contributed by atoms with Crippen molar-refractivity contribution in [3.05, 3.63) is 47.9 Å². The second kappa shape index (κ2) is 9.20. The lowest BCUT2D eigenvalue weighted by Crippen LogP contribution is -2.45. The number of likely N-dealkylation sites (N-methyl/N-ethyl adjacent to an activating group) is 1. The van der Waals surface area contributed by atoms with Gasteiger partial charge in [-0.25, -0.2) is 14.2 Å². The fraction of sp³-hybridized carbons (Fsp3) is 0.278. The van der Waals surface area contributed by atoms with Gasteiger partial charge in [-0.15, -0.1) is 0 Å². The average molecular weight is 412 g/mol. The number of ether oxygens (including phenoxy) is 1. The zero-order valence-corrected chi connectivity index (χ0v) is 15.1. The molecule has 154 valence electrons. The molecule has 0 spiro atoms. The molecule has 1 atom stereocenters. The second-order valence-corrected chi connectivity index (χ2v) is 5.76. The Morgan fingerprint density at radius 3 is 2.66 bits per heavy atom. The highest BCUT2D eigenvalue weighted by atomic mass is 19.4. The van der Waals surface area contributed by atoms with Crippen LogP contribution in [0.25, 0.3) is 0 Å². The highest BCUT2D eigenvalue weighted by Gasteiger charge is 2.39. The molecule has 2 amide bonds. The molecule has 0 saturated carbocycles. The molecule has 0 aliphatic heterocycles. The first-order chi connectivity index (χ1) is 13.6. The summed E-state index contributed by atoms with van der Waals surface area (Å²) in [7, 11) is 0. The van der Waals surface area contributed by atoms with Crippen molar-refractivity contribution in [2.75, 3.05) is 18.4 Å². The average Bonchev–Trinajstić information content (AvgIpc) is 2.68. The van der Waals surface area contributed by atoms with Crippen LogP contribution in [0.3, 0.4) is 0 Å². The van der Waals surface area contributed by atoms with Crippen molar-refractivity contribution < 1.29 is 32.2 Å². The van der Waals surface area contributed by atoms with Gasteiger partial charge in [-0.05, 0) is 31.2 Å². The predicted molar refractivity (Wildman–Crippen MR) is 93.8 cm³/mol. The number of anilines is 1. The van der Waals surface area contributed by atoms with Crippen LogP contribution in [0.15, 0.2) is 36.5 Å². The van der Waals surface area contributed by atoms with E-state index in [1.54, 1.807) is 0 Å². The molecule has 7 nitrogen and oxygen atoms in total. The fourth-order valence-corrected chi connectivity index (χ4v) is 2.15. The van der Waals surface area contributed by atoms with Crippen molar-refractivity contribution in [1.82, 2.24) is 9.88 Å². The molecule has 1 aromatic heterocycles. The Kier molecular flexibility index (Phi) is 6.95. The van der Waals surface area contributed by atoms with E-state index in [-0.39, 0.29) is 29.4 Å². The Labute approximate surface area is 163 Å². The van der Waals surface area contributed by atoms with Gasteiger partial charge in [0.15, 0.2) is 17.7 Å². The molecule has 0 saturated heterocycles. The number of rotatable bonds is 6. The molecule has 1 heterocycles. The van der Waals surface area contributed by atoms with E-state index in [1.807, 2.05) is 6.07 Å². The van der Waals surface area contributed by atoms with Crippen LogP contribution in [-0.2, 0) is 0 Å². The number of nitriles is 1. The van der Waals surface area contributed by atoms with Crippen LogP contribution in [-0.4, -0.2) is 46.4 Å². The Morgan fingerprint density at radius 1 is 1.38 bits per heavy atom. The summed E-state index contributed by atoms with van der Waals surface area (Å²) in [6, 6.07) is 7.18. The predicted octanol–water partition coefficient (Wildman–Crippen LogP) is 3.66. The number of halogens is 4. The third-order valence-corrected chi connectivity index (χ3v) is 3.70. The minimum absolute atomic E-state index is 0.00791. The monoisotopic (exact) mass is 412 g/mol. The molecule has 0 bridgehead atoms. The van der Waals surface area contributed by atoms with E-state index >= 15 is 0 Å². The number of aliphatic hydroxyl groups is 1. The number of pyridine rings is 1. The number of aliphatic hydroxyl groups excluding tert-OH is 1. The van der Waals surface area contributed by atoms with E-state index in [2.05, 4.69) is 10.3 Å². The molecular formula is C18H16F4N4O3. The van der Waals surface area contributed by atoms with Crippen molar-refractivity contribution in [1.29, 1.82) is 5.26 Å². The van der Waals surface area contributed by atoms with Crippen LogP contribution < -0.4 is 10.1 Å². The molecule has 2 N–H and O–H groups in total. The number of benzene rings is 1. The fourth-order valence-electron chi connectivity index (χ4n) is 2.15. The molecule has 2 aromatic rings. The molecule has 0 fully saturated rings. The molecule has 0 aliphatic rings. The number of nitrogens with zero attached hydrogens (tertiary/aromatic N) is 3. The molecular weight excluding hydrogens is 396 g/mol. The molecule has 1 aromatic carbocycles. The van der Waals surface area contributed by atoms with Crippen LogP contribution in [0, 0.1) is 17.1 Å². The number of urea groups is 1. The van der Waals surface area contributed by atoms with Gasteiger partial charge in [0.25, 0.3) is 0 Å². The lowest BCUT2D eigenvalue weighted by atomic mass is 10.2. The summed E-state index contributed by atoms with van der Waals surface area (Å²) in [5.41, 5.74) is 0.193. The summed E-state index contributed by atoms with van der Waals surface area (Å²) in [6.45, 7) is 0.452. The third kappa shape index (κ3) is 6.05. The van der Waals surface area contributed by atoms with Crippen LogP contribution in [0.5, 0.6) is 11.5 Å². The Bertz CT molecular complexity index is 897. The quantitative estimate of drug-likeness (QED) is 0.706. The SMILES string of the molecule is CCN(C[C@@H](O)C(F)(F)F)C(=O)Nc1ccc(Oc2cc(C#N)ccc2F)cn1. The number of amides is 2. The standard InChI is InChI=1S/C18H16F4N4O3/c1-2-26(10-15(27)18(20,21)22)17(28)25-16-6-4-12(9-24-16)29-14-7-11(8-23)3-5-13(14)19/h3-7,9,15,27H,2,10H2,1H3,(H,24,25,28)/t15-/m1/s1. The van der Waals surface area contributed by atoms with Crippen LogP contribution in [0.4, 0.5) is 28.2 Å². The molecule has 0 unspecified atom stereocenters. The first-order valence-electron chi connectivity index (χ1n) is 8.28. The van der Waals surface area contributed by atoms with Gasteiger partial charge in [-0.3, -0.25) is 5.32 Å². The molecule has 11 heteroatoms. The van der Waals surface area contributed by atoms with Crippen LogP contribution in [0.1, 0.15) is 12.5 Å². The summed E-state index contributed by atoms with van der Waals surface area (Å²) in [5.74, 6) is -0.769.